The van der Waals surface area contributed by atoms with Crippen molar-refractivity contribution in [3.8, 4) is 44.5 Å². The molecular formula is C48H30O. The third-order valence-corrected chi connectivity index (χ3v) is 10.1. The first-order chi connectivity index (χ1) is 24.3. The summed E-state index contributed by atoms with van der Waals surface area (Å²) in [5, 5.41) is 9.73. The van der Waals surface area contributed by atoms with Crippen LogP contribution in [0.5, 0.6) is 0 Å². The van der Waals surface area contributed by atoms with Gasteiger partial charge >= 0.3 is 0 Å². The van der Waals surface area contributed by atoms with Crippen LogP contribution in [0.3, 0.4) is 0 Å². The van der Waals surface area contributed by atoms with Crippen LogP contribution in [0.2, 0.25) is 0 Å². The first kappa shape index (κ1) is 27.7. The van der Waals surface area contributed by atoms with Crippen LogP contribution in [0.1, 0.15) is 0 Å². The van der Waals surface area contributed by atoms with Gasteiger partial charge in [-0.05, 0) is 101 Å². The van der Waals surface area contributed by atoms with E-state index in [1.54, 1.807) is 0 Å². The van der Waals surface area contributed by atoms with Crippen molar-refractivity contribution in [2.45, 2.75) is 0 Å². The van der Waals surface area contributed by atoms with Crippen molar-refractivity contribution in [3.63, 3.8) is 0 Å². The summed E-state index contributed by atoms with van der Waals surface area (Å²) in [6.07, 6.45) is 0. The highest BCUT2D eigenvalue weighted by Gasteiger charge is 2.21. The SMILES string of the molecule is c1ccc(-c2ccc3oc4cccc(-c5c6ccccc6c(-c6cccc(-c7cccc8ccccc78)c6)c6ccccc56)c4c3c2)cc1. The minimum absolute atomic E-state index is 0.901. The van der Waals surface area contributed by atoms with Crippen molar-refractivity contribution < 1.29 is 4.42 Å². The van der Waals surface area contributed by atoms with E-state index in [1.165, 1.54) is 76.8 Å². The lowest BCUT2D eigenvalue weighted by molar-refractivity contribution is 0.669. The normalized spacial score (nSPS) is 11.7. The van der Waals surface area contributed by atoms with Crippen molar-refractivity contribution in [3.05, 3.63) is 182 Å². The Hall–Kier alpha value is -6.44. The lowest BCUT2D eigenvalue weighted by Crippen LogP contribution is -1.92. The molecule has 0 unspecified atom stereocenters. The number of furan rings is 1. The molecule has 0 atom stereocenters. The summed E-state index contributed by atoms with van der Waals surface area (Å²) in [6, 6.07) is 65.7. The largest absolute Gasteiger partial charge is 0.456 e. The standard InChI is InChI=1S/C48H30O/c1-2-13-31(14-3-1)33-27-28-44-43(30-33)48-42(25-12-26-45(48)49-44)47-40-22-8-6-20-38(40)46(39-21-7-9-23-41(39)47)35-18-10-17-34(29-35)37-24-11-16-32-15-4-5-19-36(32)37/h1-30H. The zero-order chi connectivity index (χ0) is 32.3. The molecule has 0 aliphatic rings. The molecule has 9 aromatic carbocycles. The number of hydrogen-bond donors (Lipinski definition) is 0. The van der Waals surface area contributed by atoms with Gasteiger partial charge in [-0.3, -0.25) is 0 Å². The Morgan fingerprint density at radius 1 is 0.286 bits per heavy atom. The predicted octanol–water partition coefficient (Wildman–Crippen LogP) is 13.7. The Bertz CT molecular complexity index is 2810. The molecule has 0 aliphatic carbocycles. The van der Waals surface area contributed by atoms with Gasteiger partial charge in [-0.2, -0.15) is 0 Å². The van der Waals surface area contributed by atoms with Gasteiger partial charge in [-0.1, -0.05) is 158 Å². The average molecular weight is 623 g/mol. The molecule has 1 heterocycles. The zero-order valence-corrected chi connectivity index (χ0v) is 26.7. The van der Waals surface area contributed by atoms with Crippen LogP contribution in [-0.2, 0) is 0 Å². The summed E-state index contributed by atoms with van der Waals surface area (Å²) < 4.78 is 6.51. The van der Waals surface area contributed by atoms with E-state index in [1.807, 2.05) is 0 Å². The monoisotopic (exact) mass is 622 g/mol. The van der Waals surface area contributed by atoms with Gasteiger partial charge in [0.1, 0.15) is 11.2 Å². The van der Waals surface area contributed by atoms with Gasteiger partial charge in [0.2, 0.25) is 0 Å². The van der Waals surface area contributed by atoms with Crippen LogP contribution in [-0.4, -0.2) is 0 Å². The smallest absolute Gasteiger partial charge is 0.136 e. The lowest BCUT2D eigenvalue weighted by atomic mass is 9.84. The molecule has 228 valence electrons. The predicted molar refractivity (Wildman–Crippen MR) is 208 cm³/mol. The van der Waals surface area contributed by atoms with Crippen LogP contribution in [0.4, 0.5) is 0 Å². The van der Waals surface area contributed by atoms with Crippen LogP contribution in [0, 0.1) is 0 Å². The summed E-state index contributed by atoms with van der Waals surface area (Å²) in [6.45, 7) is 0. The Balaban J connectivity index is 1.25. The number of hydrogen-bond acceptors (Lipinski definition) is 1. The fourth-order valence-electron chi connectivity index (χ4n) is 7.89. The van der Waals surface area contributed by atoms with Crippen LogP contribution in [0.15, 0.2) is 186 Å². The molecule has 1 heteroatoms. The van der Waals surface area contributed by atoms with Crippen LogP contribution >= 0.6 is 0 Å². The second-order valence-corrected chi connectivity index (χ2v) is 12.8. The molecule has 0 radical (unpaired) electrons. The molecule has 1 aromatic heterocycles. The lowest BCUT2D eigenvalue weighted by Gasteiger charge is -2.19. The summed E-state index contributed by atoms with van der Waals surface area (Å²) in [5.74, 6) is 0. The van der Waals surface area contributed by atoms with E-state index >= 15 is 0 Å². The Kier molecular flexibility index (Phi) is 6.25. The maximum atomic E-state index is 6.51. The van der Waals surface area contributed by atoms with Gasteiger partial charge in [0.25, 0.3) is 0 Å². The van der Waals surface area contributed by atoms with Gasteiger partial charge in [0.15, 0.2) is 0 Å². The highest BCUT2D eigenvalue weighted by molar-refractivity contribution is 6.26. The molecule has 10 aromatic rings. The summed E-state index contributed by atoms with van der Waals surface area (Å²) in [7, 11) is 0. The van der Waals surface area contributed by atoms with Crippen molar-refractivity contribution in [2.75, 3.05) is 0 Å². The van der Waals surface area contributed by atoms with E-state index in [-0.39, 0.29) is 0 Å². The highest BCUT2D eigenvalue weighted by Crippen LogP contribution is 2.47. The van der Waals surface area contributed by atoms with E-state index < -0.39 is 0 Å². The van der Waals surface area contributed by atoms with Crippen LogP contribution < -0.4 is 0 Å². The molecule has 1 nitrogen and oxygen atoms in total. The summed E-state index contributed by atoms with van der Waals surface area (Å²) in [4.78, 5) is 0. The molecule has 0 N–H and O–H groups in total. The molecule has 0 saturated carbocycles. The van der Waals surface area contributed by atoms with Crippen molar-refractivity contribution in [1.29, 1.82) is 0 Å². The third-order valence-electron chi connectivity index (χ3n) is 10.1. The summed E-state index contributed by atoms with van der Waals surface area (Å²) >= 11 is 0. The molecule has 0 fully saturated rings. The Labute approximate surface area is 284 Å². The molecule has 10 rings (SSSR count). The maximum Gasteiger partial charge on any atom is 0.136 e. The van der Waals surface area contributed by atoms with E-state index in [9.17, 15) is 0 Å². The van der Waals surface area contributed by atoms with Gasteiger partial charge in [-0.25, -0.2) is 0 Å². The van der Waals surface area contributed by atoms with Gasteiger partial charge in [-0.15, -0.1) is 0 Å². The quantitative estimate of drug-likeness (QED) is 0.178. The number of rotatable bonds is 4. The highest BCUT2D eigenvalue weighted by atomic mass is 16.3. The first-order valence-corrected chi connectivity index (χ1v) is 16.8. The maximum absolute atomic E-state index is 6.51. The fourth-order valence-corrected chi connectivity index (χ4v) is 7.89. The summed E-state index contributed by atoms with van der Waals surface area (Å²) in [5.41, 5.74) is 11.5. The second-order valence-electron chi connectivity index (χ2n) is 12.8. The van der Waals surface area contributed by atoms with Gasteiger partial charge in [0, 0.05) is 10.8 Å². The number of fused-ring (bicyclic) bond motifs is 6. The topological polar surface area (TPSA) is 13.1 Å². The zero-order valence-electron chi connectivity index (χ0n) is 26.7. The molecule has 0 amide bonds. The van der Waals surface area contributed by atoms with E-state index in [0.717, 1.165) is 21.9 Å². The first-order valence-electron chi connectivity index (χ1n) is 16.8. The molecular weight excluding hydrogens is 593 g/mol. The van der Waals surface area contributed by atoms with Crippen molar-refractivity contribution >= 4 is 54.3 Å². The van der Waals surface area contributed by atoms with Crippen molar-refractivity contribution in [1.82, 2.24) is 0 Å². The van der Waals surface area contributed by atoms with E-state index in [2.05, 4.69) is 182 Å². The van der Waals surface area contributed by atoms with E-state index in [0.29, 0.717) is 0 Å². The van der Waals surface area contributed by atoms with Crippen molar-refractivity contribution in [2.24, 2.45) is 0 Å². The third kappa shape index (κ3) is 4.40. The molecule has 0 aliphatic heterocycles. The molecule has 0 spiro atoms. The van der Waals surface area contributed by atoms with Gasteiger partial charge < -0.3 is 4.42 Å². The Morgan fingerprint density at radius 2 is 0.857 bits per heavy atom. The minimum atomic E-state index is 0.901. The minimum Gasteiger partial charge on any atom is -0.456 e. The van der Waals surface area contributed by atoms with Gasteiger partial charge in [0.05, 0.1) is 0 Å². The van der Waals surface area contributed by atoms with E-state index in [4.69, 9.17) is 4.42 Å². The average Bonchev–Trinajstić information content (AvgIpc) is 3.55. The fraction of sp³-hybridized carbons (Fsp3) is 0. The number of benzene rings is 9. The Morgan fingerprint density at radius 3 is 1.63 bits per heavy atom. The molecule has 0 saturated heterocycles. The second kappa shape index (κ2) is 11.1. The van der Waals surface area contributed by atoms with Crippen LogP contribution in [0.25, 0.3) is 98.8 Å². The molecule has 49 heavy (non-hydrogen) atoms. The molecule has 0 bridgehead atoms.